The molecule has 0 saturated heterocycles. The molecule has 0 aliphatic rings. The molecule has 6 heteroatoms. The van der Waals surface area contributed by atoms with E-state index in [1.807, 2.05) is 25.7 Å². The molecule has 172 valence electrons. The number of hydrogen-bond donors (Lipinski definition) is 3. The molecule has 3 unspecified atom stereocenters. The molecule has 4 N–H and O–H groups in total. The van der Waals surface area contributed by atoms with Crippen LogP contribution in [0.15, 0.2) is 0 Å². The first kappa shape index (κ1) is 27.9. The molecule has 6 nitrogen and oxygen atoms in total. The van der Waals surface area contributed by atoms with Crippen molar-refractivity contribution in [2.24, 2.45) is 11.7 Å². The zero-order valence-corrected chi connectivity index (χ0v) is 19.3. The van der Waals surface area contributed by atoms with Gasteiger partial charge < -0.3 is 15.9 Å². The third kappa shape index (κ3) is 9.47. The second-order valence-corrected chi connectivity index (χ2v) is 8.29. The summed E-state index contributed by atoms with van der Waals surface area (Å²) in [4.78, 5) is 26.2. The van der Waals surface area contributed by atoms with Crippen molar-refractivity contribution in [1.29, 1.82) is 0 Å². The van der Waals surface area contributed by atoms with E-state index >= 15 is 0 Å². The van der Waals surface area contributed by atoms with Gasteiger partial charge in [0, 0.05) is 6.04 Å². The zero-order chi connectivity index (χ0) is 22.3. The fraction of sp³-hybridized carbons (Fsp3) is 0.913. The molecule has 0 aromatic rings. The molecule has 0 aliphatic carbocycles. The molecule has 0 spiro atoms. The zero-order valence-electron chi connectivity index (χ0n) is 19.3. The minimum absolute atomic E-state index is 0.202. The van der Waals surface area contributed by atoms with Crippen LogP contribution in [0.25, 0.3) is 0 Å². The van der Waals surface area contributed by atoms with Crippen molar-refractivity contribution in [3.05, 3.63) is 0 Å². The standard InChI is InChI=1S/C23H46N2O4/c1-5-9-10-11-12-13-14-15-16-17-18-23(24,22(28)29)20(21(26)27)19(6-2)25(7-3)8-4/h19-20H,5-18,24H2,1-4H3,(H,26,27)(H,28,29). The summed E-state index contributed by atoms with van der Waals surface area (Å²) in [5, 5.41) is 19.8. The fourth-order valence-corrected chi connectivity index (χ4v) is 4.43. The van der Waals surface area contributed by atoms with E-state index in [0.717, 1.165) is 19.3 Å². The van der Waals surface area contributed by atoms with Gasteiger partial charge in [0.05, 0.1) is 0 Å². The molecule has 0 aromatic heterocycles. The second-order valence-electron chi connectivity index (χ2n) is 8.29. The van der Waals surface area contributed by atoms with E-state index in [1.165, 1.54) is 38.5 Å². The highest BCUT2D eigenvalue weighted by atomic mass is 16.4. The molecule has 0 radical (unpaired) electrons. The predicted molar refractivity (Wildman–Crippen MR) is 119 cm³/mol. The van der Waals surface area contributed by atoms with E-state index in [9.17, 15) is 19.8 Å². The Morgan fingerprint density at radius 3 is 1.62 bits per heavy atom. The van der Waals surface area contributed by atoms with Crippen LogP contribution in [0.2, 0.25) is 0 Å². The molecular formula is C23H46N2O4. The van der Waals surface area contributed by atoms with Crippen molar-refractivity contribution in [1.82, 2.24) is 4.90 Å². The summed E-state index contributed by atoms with van der Waals surface area (Å²) in [7, 11) is 0. The smallest absolute Gasteiger partial charge is 0.324 e. The average Bonchev–Trinajstić information content (AvgIpc) is 2.68. The third-order valence-corrected chi connectivity index (χ3v) is 6.25. The first-order valence-corrected chi connectivity index (χ1v) is 11.8. The first-order chi connectivity index (χ1) is 13.8. The molecule has 0 rings (SSSR count). The highest BCUT2D eigenvalue weighted by Gasteiger charge is 2.50. The maximum Gasteiger partial charge on any atom is 0.324 e. The van der Waals surface area contributed by atoms with Gasteiger partial charge in [0.25, 0.3) is 0 Å². The Bertz CT molecular complexity index is 454. The molecule has 0 aliphatic heterocycles. The molecular weight excluding hydrogens is 368 g/mol. The Morgan fingerprint density at radius 2 is 1.28 bits per heavy atom. The summed E-state index contributed by atoms with van der Waals surface area (Å²) in [5.41, 5.74) is 4.57. The van der Waals surface area contributed by atoms with E-state index in [1.54, 1.807) is 0 Å². The van der Waals surface area contributed by atoms with E-state index in [2.05, 4.69) is 6.92 Å². The van der Waals surface area contributed by atoms with Crippen LogP contribution in [-0.2, 0) is 9.59 Å². The van der Waals surface area contributed by atoms with Crippen molar-refractivity contribution in [2.45, 2.75) is 116 Å². The fourth-order valence-electron chi connectivity index (χ4n) is 4.43. The minimum atomic E-state index is -1.74. The van der Waals surface area contributed by atoms with Crippen LogP contribution >= 0.6 is 0 Å². The molecule has 0 fully saturated rings. The summed E-state index contributed by atoms with van der Waals surface area (Å²) < 4.78 is 0. The number of aliphatic carboxylic acids is 2. The van der Waals surface area contributed by atoms with Gasteiger partial charge >= 0.3 is 11.9 Å². The van der Waals surface area contributed by atoms with Crippen molar-refractivity contribution in [3.63, 3.8) is 0 Å². The number of unbranched alkanes of at least 4 members (excludes halogenated alkanes) is 9. The number of hydrogen-bond acceptors (Lipinski definition) is 4. The molecule has 29 heavy (non-hydrogen) atoms. The lowest BCUT2D eigenvalue weighted by molar-refractivity contribution is -0.159. The molecule has 0 saturated carbocycles. The largest absolute Gasteiger partial charge is 0.481 e. The molecule has 0 bridgehead atoms. The van der Waals surface area contributed by atoms with Crippen molar-refractivity contribution < 1.29 is 19.8 Å². The third-order valence-electron chi connectivity index (χ3n) is 6.25. The lowest BCUT2D eigenvalue weighted by Gasteiger charge is -2.40. The number of rotatable bonds is 19. The van der Waals surface area contributed by atoms with Gasteiger partial charge in [-0.2, -0.15) is 0 Å². The summed E-state index contributed by atoms with van der Waals surface area (Å²) >= 11 is 0. The monoisotopic (exact) mass is 414 g/mol. The lowest BCUT2D eigenvalue weighted by Crippen LogP contribution is -2.63. The van der Waals surface area contributed by atoms with Gasteiger partial charge in [-0.1, -0.05) is 91.9 Å². The topological polar surface area (TPSA) is 104 Å². The van der Waals surface area contributed by atoms with Crippen LogP contribution in [-0.4, -0.2) is 51.7 Å². The van der Waals surface area contributed by atoms with Crippen molar-refractivity contribution in [2.75, 3.05) is 13.1 Å². The maximum absolute atomic E-state index is 12.1. The predicted octanol–water partition coefficient (Wildman–Crippen LogP) is 4.90. The van der Waals surface area contributed by atoms with Gasteiger partial charge in [0.2, 0.25) is 0 Å². The van der Waals surface area contributed by atoms with Crippen molar-refractivity contribution in [3.8, 4) is 0 Å². The van der Waals surface area contributed by atoms with Crippen LogP contribution in [0.4, 0.5) is 0 Å². The molecule has 3 atom stereocenters. The van der Waals surface area contributed by atoms with E-state index in [0.29, 0.717) is 25.9 Å². The number of nitrogens with zero attached hydrogens (tertiary/aromatic N) is 1. The molecule has 0 amide bonds. The molecule has 0 heterocycles. The minimum Gasteiger partial charge on any atom is -0.481 e. The Balaban J connectivity index is 4.79. The number of carbonyl (C=O) groups is 2. The Hall–Kier alpha value is -1.14. The van der Waals surface area contributed by atoms with Gasteiger partial charge in [0.1, 0.15) is 11.5 Å². The van der Waals surface area contributed by atoms with Gasteiger partial charge in [-0.3, -0.25) is 14.5 Å². The van der Waals surface area contributed by atoms with Crippen LogP contribution in [0.1, 0.15) is 105 Å². The Labute approximate surface area is 178 Å². The number of nitrogens with two attached hydrogens (primary N) is 1. The van der Waals surface area contributed by atoms with Gasteiger partial charge in [-0.15, -0.1) is 0 Å². The Kier molecular flexibility index (Phi) is 15.1. The van der Waals surface area contributed by atoms with E-state index in [-0.39, 0.29) is 12.5 Å². The number of carboxylic acid groups (broad SMARTS) is 2. The summed E-state index contributed by atoms with van der Waals surface area (Å²) in [6.07, 6.45) is 12.2. The first-order valence-electron chi connectivity index (χ1n) is 11.8. The van der Waals surface area contributed by atoms with Crippen LogP contribution < -0.4 is 5.73 Å². The lowest BCUT2D eigenvalue weighted by atomic mass is 9.74. The number of carboxylic acids is 2. The average molecular weight is 415 g/mol. The quantitative estimate of drug-likeness (QED) is 0.260. The highest BCUT2D eigenvalue weighted by molar-refractivity contribution is 5.87. The summed E-state index contributed by atoms with van der Waals surface area (Å²) in [5.74, 6) is -3.43. The van der Waals surface area contributed by atoms with Crippen LogP contribution in [0.5, 0.6) is 0 Å². The highest BCUT2D eigenvalue weighted by Crippen LogP contribution is 2.30. The normalized spacial score (nSPS) is 15.8. The van der Waals surface area contributed by atoms with Gasteiger partial charge in [-0.25, -0.2) is 0 Å². The maximum atomic E-state index is 12.1. The SMILES string of the molecule is CCCCCCCCCCCCC(N)(C(=O)O)C(C(=O)O)C(CC)N(CC)CC. The van der Waals surface area contributed by atoms with E-state index < -0.39 is 23.4 Å². The van der Waals surface area contributed by atoms with Gasteiger partial charge in [-0.05, 0) is 25.9 Å². The second kappa shape index (κ2) is 15.7. The van der Waals surface area contributed by atoms with Crippen LogP contribution in [0, 0.1) is 5.92 Å². The van der Waals surface area contributed by atoms with E-state index in [4.69, 9.17) is 5.73 Å². The summed E-state index contributed by atoms with van der Waals surface area (Å²) in [6.45, 7) is 9.40. The molecule has 0 aromatic carbocycles. The Morgan fingerprint density at radius 1 is 0.828 bits per heavy atom. The van der Waals surface area contributed by atoms with Crippen molar-refractivity contribution >= 4 is 11.9 Å². The van der Waals surface area contributed by atoms with Crippen LogP contribution in [0.3, 0.4) is 0 Å². The van der Waals surface area contributed by atoms with Gasteiger partial charge in [0.15, 0.2) is 0 Å². The summed E-state index contributed by atoms with van der Waals surface area (Å²) in [6, 6.07) is -0.383.